The molecule has 0 aromatic heterocycles. The maximum Gasteiger partial charge on any atom is 0.119 e. The molecular formula is C21H30O2. The molecule has 2 saturated carbocycles. The monoisotopic (exact) mass is 314 g/mol. The second-order valence-corrected chi connectivity index (χ2v) is 8.63. The first-order valence-corrected chi connectivity index (χ1v) is 9.54. The van der Waals surface area contributed by atoms with Crippen molar-refractivity contribution in [2.75, 3.05) is 0 Å². The molecule has 0 unspecified atom stereocenters. The maximum atomic E-state index is 10.3. The predicted molar refractivity (Wildman–Crippen MR) is 92.7 cm³/mol. The van der Waals surface area contributed by atoms with Crippen LogP contribution in [0.2, 0.25) is 0 Å². The number of hydrogen-bond donors (Lipinski definition) is 2. The number of aliphatic hydroxyl groups excluding tert-OH is 1. The van der Waals surface area contributed by atoms with Crippen molar-refractivity contribution in [1.82, 2.24) is 0 Å². The Morgan fingerprint density at radius 3 is 2.87 bits per heavy atom. The van der Waals surface area contributed by atoms with Gasteiger partial charge in [-0.25, -0.2) is 0 Å². The smallest absolute Gasteiger partial charge is 0.119 e. The van der Waals surface area contributed by atoms with Crippen LogP contribution in [0.25, 0.3) is 0 Å². The van der Waals surface area contributed by atoms with Crippen molar-refractivity contribution in [3.05, 3.63) is 28.8 Å². The van der Waals surface area contributed by atoms with Crippen LogP contribution in [-0.4, -0.2) is 16.3 Å². The first kappa shape index (κ1) is 15.5. The quantitative estimate of drug-likeness (QED) is 0.840. The van der Waals surface area contributed by atoms with Crippen LogP contribution < -0.4 is 0 Å². The van der Waals surface area contributed by atoms with Gasteiger partial charge >= 0.3 is 0 Å². The van der Waals surface area contributed by atoms with Crippen molar-refractivity contribution in [2.24, 2.45) is 17.3 Å². The van der Waals surface area contributed by atoms with E-state index in [9.17, 15) is 10.2 Å². The molecule has 2 heteroatoms. The Morgan fingerprint density at radius 2 is 2.09 bits per heavy atom. The summed E-state index contributed by atoms with van der Waals surface area (Å²) in [6, 6.07) is 4.37. The van der Waals surface area contributed by atoms with Gasteiger partial charge in [0, 0.05) is 0 Å². The Kier molecular flexibility index (Phi) is 3.72. The highest BCUT2D eigenvalue weighted by atomic mass is 16.3. The molecule has 1 aromatic carbocycles. The lowest BCUT2D eigenvalue weighted by Crippen LogP contribution is -2.39. The highest BCUT2D eigenvalue weighted by Gasteiger charge is 2.52. The van der Waals surface area contributed by atoms with Crippen molar-refractivity contribution in [3.8, 4) is 5.75 Å². The molecule has 5 atom stereocenters. The molecule has 0 spiro atoms. The van der Waals surface area contributed by atoms with Gasteiger partial charge < -0.3 is 10.2 Å². The summed E-state index contributed by atoms with van der Waals surface area (Å²) in [4.78, 5) is 0. The Morgan fingerprint density at radius 1 is 1.26 bits per heavy atom. The Hall–Kier alpha value is -1.02. The van der Waals surface area contributed by atoms with Crippen LogP contribution >= 0.6 is 0 Å². The van der Waals surface area contributed by atoms with E-state index in [-0.39, 0.29) is 6.10 Å². The number of hydrogen-bond acceptors (Lipinski definition) is 2. The molecular weight excluding hydrogens is 284 g/mol. The van der Waals surface area contributed by atoms with Crippen LogP contribution in [0.3, 0.4) is 0 Å². The minimum Gasteiger partial charge on any atom is -0.508 e. The lowest BCUT2D eigenvalue weighted by atomic mass is 9.56. The molecule has 1 aromatic rings. The van der Waals surface area contributed by atoms with E-state index in [1.807, 2.05) is 6.07 Å². The van der Waals surface area contributed by atoms with Gasteiger partial charge in [0.05, 0.1) is 6.10 Å². The van der Waals surface area contributed by atoms with Gasteiger partial charge in [0.1, 0.15) is 5.75 Å². The van der Waals surface area contributed by atoms with Crippen molar-refractivity contribution < 1.29 is 10.2 Å². The van der Waals surface area contributed by atoms with Crippen LogP contribution in [0.15, 0.2) is 12.1 Å². The summed E-state index contributed by atoms with van der Waals surface area (Å²) < 4.78 is 0. The molecule has 4 rings (SSSR count). The summed E-state index contributed by atoms with van der Waals surface area (Å²) in [5.41, 5.74) is 4.39. The number of aliphatic hydroxyl groups is 1. The zero-order valence-electron chi connectivity index (χ0n) is 14.5. The van der Waals surface area contributed by atoms with Gasteiger partial charge in [-0.2, -0.15) is 0 Å². The number of phenolic OH excluding ortho intramolecular Hbond substituents is 1. The van der Waals surface area contributed by atoms with Gasteiger partial charge in [0.25, 0.3) is 0 Å². The molecule has 0 amide bonds. The number of aryl methyl sites for hydroxylation is 2. The first-order chi connectivity index (χ1) is 11.0. The molecule has 23 heavy (non-hydrogen) atoms. The molecule has 0 radical (unpaired) electrons. The van der Waals surface area contributed by atoms with Gasteiger partial charge in [-0.05, 0) is 90.9 Å². The minimum atomic E-state index is -0.0828. The summed E-state index contributed by atoms with van der Waals surface area (Å²) in [7, 11) is 0. The van der Waals surface area contributed by atoms with Crippen molar-refractivity contribution in [2.45, 2.75) is 77.2 Å². The van der Waals surface area contributed by atoms with Crippen molar-refractivity contribution >= 4 is 0 Å². The third-order valence-electron chi connectivity index (χ3n) is 7.19. The lowest BCUT2D eigenvalue weighted by molar-refractivity contribution is 0.0595. The van der Waals surface area contributed by atoms with Crippen LogP contribution in [0.1, 0.15) is 75.0 Å². The molecule has 3 aliphatic rings. The second-order valence-electron chi connectivity index (χ2n) is 8.63. The van der Waals surface area contributed by atoms with Crippen LogP contribution in [0, 0.1) is 17.3 Å². The summed E-state index contributed by atoms with van der Waals surface area (Å²) in [6.07, 6.45) is 8.81. The molecule has 2 nitrogen and oxygen atoms in total. The maximum absolute atomic E-state index is 10.3. The van der Waals surface area contributed by atoms with Gasteiger partial charge in [-0.3, -0.25) is 0 Å². The molecule has 126 valence electrons. The molecule has 2 N–H and O–H groups in total. The normalized spacial score (nSPS) is 38.7. The number of aromatic hydroxyl groups is 1. The Bertz CT molecular complexity index is 608. The topological polar surface area (TPSA) is 40.5 Å². The van der Waals surface area contributed by atoms with Gasteiger partial charge in [-0.15, -0.1) is 0 Å². The van der Waals surface area contributed by atoms with E-state index in [0.29, 0.717) is 23.0 Å². The van der Waals surface area contributed by atoms with Crippen LogP contribution in [0.4, 0.5) is 0 Å². The van der Waals surface area contributed by atoms with Crippen LogP contribution in [-0.2, 0) is 12.8 Å². The Labute approximate surface area is 139 Å². The highest BCUT2D eigenvalue weighted by Crippen LogP contribution is 2.61. The summed E-state index contributed by atoms with van der Waals surface area (Å²) in [5.74, 6) is 2.57. The van der Waals surface area contributed by atoms with Crippen LogP contribution in [0.5, 0.6) is 5.75 Å². The fourth-order valence-electron chi connectivity index (χ4n) is 6.15. The van der Waals surface area contributed by atoms with E-state index in [4.69, 9.17) is 0 Å². The molecule has 2 fully saturated rings. The van der Waals surface area contributed by atoms with Crippen molar-refractivity contribution in [1.29, 1.82) is 0 Å². The zero-order valence-corrected chi connectivity index (χ0v) is 14.5. The predicted octanol–water partition coefficient (Wildman–Crippen LogP) is 4.56. The Balaban J connectivity index is 1.70. The third kappa shape index (κ3) is 2.41. The van der Waals surface area contributed by atoms with E-state index in [1.165, 1.54) is 30.4 Å². The SMILES string of the molecule is CCCc1cc2c(cc1O)CC[C@@H]1[C@@H]2CC[C@]2(C)C[C@H](O)C[C@@H]12. The minimum absolute atomic E-state index is 0.0828. The van der Waals surface area contributed by atoms with Gasteiger partial charge in [0.2, 0.25) is 0 Å². The fraction of sp³-hybridized carbons (Fsp3) is 0.714. The largest absolute Gasteiger partial charge is 0.508 e. The molecule has 0 heterocycles. The van der Waals surface area contributed by atoms with Gasteiger partial charge in [-0.1, -0.05) is 26.3 Å². The lowest BCUT2D eigenvalue weighted by Gasteiger charge is -2.49. The number of phenols is 1. The van der Waals surface area contributed by atoms with E-state index in [2.05, 4.69) is 19.9 Å². The number of rotatable bonds is 2. The fourth-order valence-corrected chi connectivity index (χ4v) is 6.15. The number of fused-ring (bicyclic) bond motifs is 5. The molecule has 0 bridgehead atoms. The van der Waals surface area contributed by atoms with E-state index < -0.39 is 0 Å². The standard InChI is InChI=1S/C21H30O2/c1-3-4-14-9-18-13(10-20(14)23)5-6-17-16(18)7-8-21(2)12-15(22)11-19(17)21/h9-10,15-17,19,22-23H,3-8,11-12H2,1-2H3/t15-,16+,17-,19+,21-/m1/s1. The highest BCUT2D eigenvalue weighted by molar-refractivity contribution is 5.45. The van der Waals surface area contributed by atoms with Crippen molar-refractivity contribution in [3.63, 3.8) is 0 Å². The average Bonchev–Trinajstić information content (AvgIpc) is 2.82. The molecule has 0 saturated heterocycles. The summed E-state index contributed by atoms with van der Waals surface area (Å²) in [5, 5.41) is 20.5. The first-order valence-electron chi connectivity index (χ1n) is 9.54. The third-order valence-corrected chi connectivity index (χ3v) is 7.19. The van der Waals surface area contributed by atoms with Gasteiger partial charge in [0.15, 0.2) is 0 Å². The second kappa shape index (κ2) is 5.51. The zero-order chi connectivity index (χ0) is 16.2. The van der Waals surface area contributed by atoms with E-state index >= 15 is 0 Å². The van der Waals surface area contributed by atoms with E-state index in [1.54, 1.807) is 0 Å². The number of benzene rings is 1. The van der Waals surface area contributed by atoms with E-state index in [0.717, 1.165) is 43.6 Å². The average molecular weight is 314 g/mol. The summed E-state index contributed by atoms with van der Waals surface area (Å²) >= 11 is 0. The molecule has 3 aliphatic carbocycles. The summed E-state index contributed by atoms with van der Waals surface area (Å²) in [6.45, 7) is 4.59. The molecule has 0 aliphatic heterocycles.